The molecule has 1 fully saturated rings. The van der Waals surface area contributed by atoms with E-state index in [1.165, 1.54) is 16.7 Å². The summed E-state index contributed by atoms with van der Waals surface area (Å²) < 4.78 is 5.90. The Labute approximate surface area is 166 Å². The standard InChI is InChI=1S/C24H27N3O/c25-21-12-8-19(9-13-21)23-17-24(27-26-23)20-10-14-22(15-11-20)28-16-4-7-18-5-2-1-3-6-18/h1-3,5-6,8-15,23-24,26-27H,4,7,16-17,25H2. The summed E-state index contributed by atoms with van der Waals surface area (Å²) in [6.07, 6.45) is 3.06. The van der Waals surface area contributed by atoms with E-state index in [1.54, 1.807) is 0 Å². The first-order chi connectivity index (χ1) is 13.8. The monoisotopic (exact) mass is 373 g/mol. The Hall–Kier alpha value is -2.82. The number of rotatable bonds is 7. The van der Waals surface area contributed by atoms with Crippen molar-refractivity contribution in [2.24, 2.45) is 0 Å². The minimum absolute atomic E-state index is 0.287. The fraction of sp³-hybridized carbons (Fsp3) is 0.250. The highest BCUT2D eigenvalue weighted by Crippen LogP contribution is 2.31. The van der Waals surface area contributed by atoms with Crippen molar-refractivity contribution in [1.82, 2.24) is 10.9 Å². The van der Waals surface area contributed by atoms with Gasteiger partial charge in [0.05, 0.1) is 6.61 Å². The zero-order valence-corrected chi connectivity index (χ0v) is 16.0. The number of nitrogens with two attached hydrogens (primary N) is 1. The Morgan fingerprint density at radius 3 is 2.04 bits per heavy atom. The average molecular weight is 373 g/mol. The Bertz CT molecular complexity index is 863. The average Bonchev–Trinajstić information content (AvgIpc) is 3.23. The summed E-state index contributed by atoms with van der Waals surface area (Å²) in [5.74, 6) is 0.929. The van der Waals surface area contributed by atoms with Crippen LogP contribution in [0.3, 0.4) is 0 Å². The van der Waals surface area contributed by atoms with Crippen LogP contribution in [0.2, 0.25) is 0 Å². The molecule has 3 aromatic carbocycles. The first-order valence-electron chi connectivity index (χ1n) is 9.91. The predicted molar refractivity (Wildman–Crippen MR) is 114 cm³/mol. The largest absolute Gasteiger partial charge is 0.494 e. The van der Waals surface area contributed by atoms with Gasteiger partial charge < -0.3 is 10.5 Å². The molecule has 1 saturated heterocycles. The second-order valence-corrected chi connectivity index (χ2v) is 7.30. The lowest BCUT2D eigenvalue weighted by molar-refractivity contribution is 0.311. The van der Waals surface area contributed by atoms with E-state index >= 15 is 0 Å². The molecule has 1 aliphatic rings. The van der Waals surface area contributed by atoms with Gasteiger partial charge in [0.15, 0.2) is 0 Å². The molecular formula is C24H27N3O. The van der Waals surface area contributed by atoms with Crippen molar-refractivity contribution >= 4 is 5.69 Å². The predicted octanol–water partition coefficient (Wildman–Crippen LogP) is 4.56. The molecule has 0 spiro atoms. The van der Waals surface area contributed by atoms with E-state index < -0.39 is 0 Å². The molecule has 2 unspecified atom stereocenters. The minimum Gasteiger partial charge on any atom is -0.494 e. The number of hydrogen-bond acceptors (Lipinski definition) is 4. The number of anilines is 1. The van der Waals surface area contributed by atoms with Crippen LogP contribution in [0.4, 0.5) is 5.69 Å². The molecule has 0 bridgehead atoms. The number of benzene rings is 3. The molecule has 0 radical (unpaired) electrons. The topological polar surface area (TPSA) is 59.3 Å². The van der Waals surface area contributed by atoms with Gasteiger partial charge in [-0.25, -0.2) is 10.9 Å². The van der Waals surface area contributed by atoms with Crippen molar-refractivity contribution < 1.29 is 4.74 Å². The van der Waals surface area contributed by atoms with Gasteiger partial charge in [-0.2, -0.15) is 0 Å². The molecule has 2 atom stereocenters. The summed E-state index contributed by atoms with van der Waals surface area (Å²) in [5, 5.41) is 0. The van der Waals surface area contributed by atoms with E-state index in [0.717, 1.165) is 37.3 Å². The highest BCUT2D eigenvalue weighted by Gasteiger charge is 2.25. The van der Waals surface area contributed by atoms with Gasteiger partial charge in [0.2, 0.25) is 0 Å². The summed E-state index contributed by atoms with van der Waals surface area (Å²) in [5.41, 5.74) is 17.3. The lowest BCUT2D eigenvalue weighted by Crippen LogP contribution is -2.26. The van der Waals surface area contributed by atoms with Crippen LogP contribution in [-0.2, 0) is 6.42 Å². The number of aryl methyl sites for hydroxylation is 1. The smallest absolute Gasteiger partial charge is 0.119 e. The summed E-state index contributed by atoms with van der Waals surface area (Å²) in [6.45, 7) is 0.733. The third kappa shape index (κ3) is 4.71. The van der Waals surface area contributed by atoms with Crippen LogP contribution < -0.4 is 21.3 Å². The molecule has 4 heteroatoms. The number of hydrogen-bond donors (Lipinski definition) is 3. The molecular weight excluding hydrogens is 346 g/mol. The Kier molecular flexibility index (Phi) is 5.90. The highest BCUT2D eigenvalue weighted by atomic mass is 16.5. The SMILES string of the molecule is Nc1ccc(C2CC(c3ccc(OCCCc4ccccc4)cc3)NN2)cc1. The number of ether oxygens (including phenoxy) is 1. The third-order valence-electron chi connectivity index (χ3n) is 5.25. The molecule has 4 rings (SSSR count). The molecule has 1 aliphatic heterocycles. The van der Waals surface area contributed by atoms with Crippen molar-refractivity contribution in [1.29, 1.82) is 0 Å². The van der Waals surface area contributed by atoms with Gasteiger partial charge in [0, 0.05) is 17.8 Å². The molecule has 0 amide bonds. The Morgan fingerprint density at radius 2 is 1.39 bits per heavy atom. The van der Waals surface area contributed by atoms with Gasteiger partial charge >= 0.3 is 0 Å². The van der Waals surface area contributed by atoms with E-state index in [4.69, 9.17) is 10.5 Å². The van der Waals surface area contributed by atoms with E-state index in [2.05, 4.69) is 71.5 Å². The molecule has 144 valence electrons. The molecule has 28 heavy (non-hydrogen) atoms. The first-order valence-corrected chi connectivity index (χ1v) is 9.91. The van der Waals surface area contributed by atoms with E-state index in [-0.39, 0.29) is 6.04 Å². The number of hydrazine groups is 1. The highest BCUT2D eigenvalue weighted by molar-refractivity contribution is 5.40. The van der Waals surface area contributed by atoms with Crippen LogP contribution in [0, 0.1) is 0 Å². The molecule has 0 aromatic heterocycles. The van der Waals surface area contributed by atoms with Crippen molar-refractivity contribution in [2.45, 2.75) is 31.3 Å². The van der Waals surface area contributed by atoms with Crippen molar-refractivity contribution in [2.75, 3.05) is 12.3 Å². The number of nitrogens with one attached hydrogen (secondary N) is 2. The van der Waals surface area contributed by atoms with Crippen LogP contribution in [0.15, 0.2) is 78.9 Å². The normalized spacial score (nSPS) is 18.9. The molecule has 4 N–H and O–H groups in total. The van der Waals surface area contributed by atoms with Crippen molar-refractivity contribution in [3.63, 3.8) is 0 Å². The first kappa shape index (κ1) is 18.5. The summed E-state index contributed by atoms with van der Waals surface area (Å²) in [4.78, 5) is 0. The van der Waals surface area contributed by atoms with Gasteiger partial charge in [0.1, 0.15) is 5.75 Å². The Morgan fingerprint density at radius 1 is 0.786 bits per heavy atom. The van der Waals surface area contributed by atoms with Gasteiger partial charge in [0.25, 0.3) is 0 Å². The van der Waals surface area contributed by atoms with E-state index in [9.17, 15) is 0 Å². The maximum absolute atomic E-state index is 5.90. The van der Waals surface area contributed by atoms with Crippen molar-refractivity contribution in [3.8, 4) is 5.75 Å². The second-order valence-electron chi connectivity index (χ2n) is 7.30. The third-order valence-corrected chi connectivity index (χ3v) is 5.25. The van der Waals surface area contributed by atoms with Crippen LogP contribution in [0.25, 0.3) is 0 Å². The van der Waals surface area contributed by atoms with E-state index in [0.29, 0.717) is 6.04 Å². The summed E-state index contributed by atoms with van der Waals surface area (Å²) in [6, 6.07) is 27.6. The van der Waals surface area contributed by atoms with Crippen LogP contribution in [-0.4, -0.2) is 6.61 Å². The van der Waals surface area contributed by atoms with Gasteiger partial charge in [-0.05, 0) is 60.2 Å². The Balaban J connectivity index is 1.26. The minimum atomic E-state index is 0.287. The maximum atomic E-state index is 5.90. The quantitative estimate of drug-likeness (QED) is 0.420. The zero-order valence-electron chi connectivity index (χ0n) is 16.0. The second kappa shape index (κ2) is 8.91. The van der Waals surface area contributed by atoms with Crippen LogP contribution in [0.1, 0.15) is 41.6 Å². The molecule has 0 aliphatic carbocycles. The fourth-order valence-corrected chi connectivity index (χ4v) is 3.63. The van der Waals surface area contributed by atoms with Gasteiger partial charge in [-0.15, -0.1) is 0 Å². The van der Waals surface area contributed by atoms with Crippen LogP contribution in [0.5, 0.6) is 5.75 Å². The van der Waals surface area contributed by atoms with Crippen LogP contribution >= 0.6 is 0 Å². The fourth-order valence-electron chi connectivity index (χ4n) is 3.63. The number of nitrogen functional groups attached to an aromatic ring is 1. The zero-order chi connectivity index (χ0) is 19.2. The van der Waals surface area contributed by atoms with Crippen molar-refractivity contribution in [3.05, 3.63) is 95.6 Å². The lowest BCUT2D eigenvalue weighted by Gasteiger charge is -2.12. The summed E-state index contributed by atoms with van der Waals surface area (Å²) in [7, 11) is 0. The van der Waals surface area contributed by atoms with Gasteiger partial charge in [-0.1, -0.05) is 54.6 Å². The lowest BCUT2D eigenvalue weighted by atomic mass is 9.97. The summed E-state index contributed by atoms with van der Waals surface area (Å²) >= 11 is 0. The maximum Gasteiger partial charge on any atom is 0.119 e. The van der Waals surface area contributed by atoms with E-state index in [1.807, 2.05) is 18.2 Å². The molecule has 4 nitrogen and oxygen atoms in total. The molecule has 1 heterocycles. The molecule has 0 saturated carbocycles. The van der Waals surface area contributed by atoms with Gasteiger partial charge in [-0.3, -0.25) is 0 Å². The molecule has 3 aromatic rings.